The van der Waals surface area contributed by atoms with Gasteiger partial charge in [-0.1, -0.05) is 63.7 Å². The van der Waals surface area contributed by atoms with Crippen molar-refractivity contribution < 1.29 is 13.2 Å². The van der Waals surface area contributed by atoms with Crippen LogP contribution in [0.3, 0.4) is 0 Å². The van der Waals surface area contributed by atoms with Crippen molar-refractivity contribution >= 4 is 33.2 Å². The summed E-state index contributed by atoms with van der Waals surface area (Å²) in [7, 11) is -4.02. The molecule has 3 aromatic rings. The molecule has 174 valence electrons. The van der Waals surface area contributed by atoms with Crippen LogP contribution < -0.4 is 10.9 Å². The molecule has 0 spiro atoms. The predicted molar refractivity (Wildman–Crippen MR) is 131 cm³/mol. The maximum atomic E-state index is 12.9. The molecule has 1 aromatic heterocycles. The molecule has 0 radical (unpaired) electrons. The number of nitrogens with one attached hydrogen (secondary N) is 2. The molecule has 2 aromatic carbocycles. The summed E-state index contributed by atoms with van der Waals surface area (Å²) >= 11 is 1.02. The van der Waals surface area contributed by atoms with Crippen molar-refractivity contribution in [2.24, 2.45) is 0 Å². The van der Waals surface area contributed by atoms with Crippen molar-refractivity contribution in [3.05, 3.63) is 76.2 Å². The third-order valence-electron chi connectivity index (χ3n) is 5.02. The lowest BCUT2D eigenvalue weighted by molar-refractivity contribution is -0.113. The lowest BCUT2D eigenvalue weighted by Crippen LogP contribution is -2.20. The normalized spacial score (nSPS) is 11.9. The van der Waals surface area contributed by atoms with Crippen LogP contribution in [0.2, 0.25) is 0 Å². The molecule has 0 saturated carbocycles. The lowest BCUT2D eigenvalue weighted by Gasteiger charge is -2.19. The Balaban J connectivity index is 1.70. The standard InChI is InChI=1S/C24H27N3O4S2/c1-5-16-7-6-8-18(13-16)26-21(28)15-32-23-25-14-20(22(29)27-23)33(30,31)19-11-9-17(10-12-19)24(2,3)4/h6-14H,5,15H2,1-4H3,(H,26,28)(H,25,27,29). The molecule has 1 amide bonds. The summed E-state index contributed by atoms with van der Waals surface area (Å²) in [5, 5.41) is 2.96. The van der Waals surface area contributed by atoms with Gasteiger partial charge in [-0.05, 0) is 47.2 Å². The van der Waals surface area contributed by atoms with Crippen molar-refractivity contribution in [2.45, 2.75) is 54.5 Å². The van der Waals surface area contributed by atoms with Crippen LogP contribution in [0, 0.1) is 0 Å². The van der Waals surface area contributed by atoms with E-state index in [0.29, 0.717) is 5.69 Å². The molecular weight excluding hydrogens is 458 g/mol. The predicted octanol–water partition coefficient (Wildman–Crippen LogP) is 4.19. The smallest absolute Gasteiger partial charge is 0.270 e. The van der Waals surface area contributed by atoms with E-state index in [1.165, 1.54) is 12.1 Å². The Morgan fingerprint density at radius 1 is 1.12 bits per heavy atom. The van der Waals surface area contributed by atoms with E-state index in [2.05, 4.69) is 15.3 Å². The van der Waals surface area contributed by atoms with Crippen LogP contribution in [0.25, 0.3) is 0 Å². The summed E-state index contributed by atoms with van der Waals surface area (Å²) in [5.41, 5.74) is 1.89. The van der Waals surface area contributed by atoms with Gasteiger partial charge < -0.3 is 10.3 Å². The zero-order valence-corrected chi connectivity index (χ0v) is 20.6. The molecule has 2 N–H and O–H groups in total. The van der Waals surface area contributed by atoms with E-state index >= 15 is 0 Å². The Kier molecular flexibility index (Phi) is 7.44. The minimum atomic E-state index is -4.02. The van der Waals surface area contributed by atoms with Crippen LogP contribution in [-0.4, -0.2) is 30.0 Å². The van der Waals surface area contributed by atoms with Crippen molar-refractivity contribution in [1.82, 2.24) is 9.97 Å². The lowest BCUT2D eigenvalue weighted by atomic mass is 9.87. The summed E-state index contributed by atoms with van der Waals surface area (Å²) in [4.78, 5) is 30.8. The van der Waals surface area contributed by atoms with Crippen LogP contribution in [0.15, 0.2) is 74.5 Å². The van der Waals surface area contributed by atoms with Gasteiger partial charge in [-0.25, -0.2) is 13.4 Å². The highest BCUT2D eigenvalue weighted by atomic mass is 32.2. The molecular formula is C24H27N3O4S2. The van der Waals surface area contributed by atoms with Gasteiger partial charge in [-0.3, -0.25) is 9.59 Å². The molecule has 0 aliphatic heterocycles. The molecule has 0 bridgehead atoms. The fourth-order valence-corrected chi connectivity index (χ4v) is 4.96. The fraction of sp³-hybridized carbons (Fsp3) is 0.292. The summed E-state index contributed by atoms with van der Waals surface area (Å²) in [6, 6.07) is 14.0. The van der Waals surface area contributed by atoms with Crippen LogP contribution in [0.1, 0.15) is 38.8 Å². The SMILES string of the molecule is CCc1cccc(NC(=O)CSc2ncc(S(=O)(=O)c3ccc(C(C)(C)C)cc3)c(=O)[nH]2)c1. The monoisotopic (exact) mass is 485 g/mol. The zero-order valence-electron chi connectivity index (χ0n) is 19.0. The van der Waals surface area contributed by atoms with E-state index in [0.717, 1.165) is 35.5 Å². The van der Waals surface area contributed by atoms with E-state index < -0.39 is 20.3 Å². The molecule has 0 fully saturated rings. The van der Waals surface area contributed by atoms with Gasteiger partial charge in [0.05, 0.1) is 16.8 Å². The van der Waals surface area contributed by atoms with Crippen molar-refractivity contribution in [1.29, 1.82) is 0 Å². The van der Waals surface area contributed by atoms with Gasteiger partial charge in [-0.15, -0.1) is 0 Å². The molecule has 7 nitrogen and oxygen atoms in total. The van der Waals surface area contributed by atoms with Gasteiger partial charge in [0.15, 0.2) is 10.1 Å². The number of nitrogens with zero attached hydrogens (tertiary/aromatic N) is 1. The van der Waals surface area contributed by atoms with E-state index in [1.807, 2.05) is 45.9 Å². The second-order valence-corrected chi connectivity index (χ2v) is 11.4. The number of sulfone groups is 1. The molecule has 0 unspecified atom stereocenters. The molecule has 0 aliphatic carbocycles. The number of aryl methyl sites for hydroxylation is 1. The molecule has 3 rings (SSSR count). The molecule has 0 saturated heterocycles. The van der Waals surface area contributed by atoms with Gasteiger partial charge >= 0.3 is 0 Å². The number of thioether (sulfide) groups is 1. The van der Waals surface area contributed by atoms with E-state index in [-0.39, 0.29) is 27.1 Å². The number of carbonyl (C=O) groups is 1. The van der Waals surface area contributed by atoms with Crippen LogP contribution >= 0.6 is 11.8 Å². The number of anilines is 1. The molecule has 1 heterocycles. The average Bonchev–Trinajstić information content (AvgIpc) is 2.77. The largest absolute Gasteiger partial charge is 0.325 e. The first-order valence-corrected chi connectivity index (χ1v) is 12.9. The maximum Gasteiger partial charge on any atom is 0.270 e. The quantitative estimate of drug-likeness (QED) is 0.384. The summed E-state index contributed by atoms with van der Waals surface area (Å²) < 4.78 is 25.8. The number of aromatic amines is 1. The number of H-pyrrole nitrogens is 1. The first kappa shape index (κ1) is 24.7. The number of amides is 1. The highest BCUT2D eigenvalue weighted by Gasteiger charge is 2.23. The van der Waals surface area contributed by atoms with E-state index in [4.69, 9.17) is 0 Å². The minimum absolute atomic E-state index is 0.0135. The number of aromatic nitrogens is 2. The third-order valence-corrected chi connectivity index (χ3v) is 7.67. The summed E-state index contributed by atoms with van der Waals surface area (Å²) in [5.74, 6) is -0.244. The van der Waals surface area contributed by atoms with Crippen LogP contribution in [-0.2, 0) is 26.5 Å². The van der Waals surface area contributed by atoms with Gasteiger partial charge in [-0.2, -0.15) is 0 Å². The van der Waals surface area contributed by atoms with Gasteiger partial charge in [0.1, 0.15) is 0 Å². The number of benzene rings is 2. The van der Waals surface area contributed by atoms with Crippen LogP contribution in [0.4, 0.5) is 5.69 Å². The Morgan fingerprint density at radius 3 is 2.42 bits per heavy atom. The summed E-state index contributed by atoms with van der Waals surface area (Å²) in [6.45, 7) is 8.13. The zero-order chi connectivity index (χ0) is 24.2. The fourth-order valence-electron chi connectivity index (χ4n) is 3.09. The molecule has 0 aliphatic rings. The molecule has 33 heavy (non-hydrogen) atoms. The Bertz CT molecular complexity index is 1310. The van der Waals surface area contributed by atoms with Crippen molar-refractivity contribution in [2.75, 3.05) is 11.1 Å². The van der Waals surface area contributed by atoms with E-state index in [9.17, 15) is 18.0 Å². The second kappa shape index (κ2) is 9.93. The van der Waals surface area contributed by atoms with Gasteiger partial charge in [0, 0.05) is 5.69 Å². The highest BCUT2D eigenvalue weighted by Crippen LogP contribution is 2.25. The highest BCUT2D eigenvalue weighted by molar-refractivity contribution is 7.99. The van der Waals surface area contributed by atoms with Gasteiger partial charge in [0.25, 0.3) is 5.56 Å². The minimum Gasteiger partial charge on any atom is -0.325 e. The van der Waals surface area contributed by atoms with Crippen LogP contribution in [0.5, 0.6) is 0 Å². The summed E-state index contributed by atoms with van der Waals surface area (Å²) in [6.07, 6.45) is 1.90. The third kappa shape index (κ3) is 6.11. The van der Waals surface area contributed by atoms with E-state index in [1.54, 1.807) is 18.2 Å². The second-order valence-electron chi connectivity index (χ2n) is 8.55. The number of carbonyl (C=O) groups excluding carboxylic acids is 1. The number of rotatable bonds is 7. The molecule has 9 heteroatoms. The Morgan fingerprint density at radius 2 is 1.82 bits per heavy atom. The first-order chi connectivity index (χ1) is 15.5. The van der Waals surface area contributed by atoms with Gasteiger partial charge in [0.2, 0.25) is 15.7 Å². The number of hydrogen-bond acceptors (Lipinski definition) is 6. The number of hydrogen-bond donors (Lipinski definition) is 2. The average molecular weight is 486 g/mol. The Labute approximate surface area is 198 Å². The van der Waals surface area contributed by atoms with Crippen molar-refractivity contribution in [3.63, 3.8) is 0 Å². The topological polar surface area (TPSA) is 109 Å². The molecule has 0 atom stereocenters. The first-order valence-electron chi connectivity index (χ1n) is 10.5. The Hall–Kier alpha value is -2.91. The van der Waals surface area contributed by atoms with Crippen molar-refractivity contribution in [3.8, 4) is 0 Å². The maximum absolute atomic E-state index is 12.9.